The van der Waals surface area contributed by atoms with Crippen molar-refractivity contribution < 1.29 is 40.3 Å². The van der Waals surface area contributed by atoms with E-state index in [-0.39, 0.29) is 11.0 Å². The van der Waals surface area contributed by atoms with E-state index >= 15 is 0 Å². The van der Waals surface area contributed by atoms with E-state index in [4.69, 9.17) is 4.42 Å². The highest BCUT2D eigenvalue weighted by atomic mass is 32.1. The van der Waals surface area contributed by atoms with E-state index in [1.165, 1.54) is 18.2 Å². The fraction of sp³-hybridized carbons (Fsp3) is 0.350. The van der Waals surface area contributed by atoms with Crippen LogP contribution < -0.4 is 15.3 Å². The number of hydrogen-bond acceptors (Lipinski definition) is 8. The van der Waals surface area contributed by atoms with Crippen LogP contribution in [0.25, 0.3) is 21.5 Å². The summed E-state index contributed by atoms with van der Waals surface area (Å²) in [5, 5.41) is -0.213. The van der Waals surface area contributed by atoms with E-state index in [2.05, 4.69) is 14.6 Å². The molecule has 0 N–H and O–H groups in total. The van der Waals surface area contributed by atoms with Crippen molar-refractivity contribution in [2.24, 2.45) is 0 Å². The number of esters is 1. The van der Waals surface area contributed by atoms with Crippen LogP contribution in [0.3, 0.4) is 0 Å². The normalized spacial score (nSPS) is 15.7. The van der Waals surface area contributed by atoms with Gasteiger partial charge in [0.2, 0.25) is 0 Å². The van der Waals surface area contributed by atoms with Gasteiger partial charge < -0.3 is 19.0 Å². The molecule has 34 heavy (non-hydrogen) atoms. The summed E-state index contributed by atoms with van der Waals surface area (Å²) in [7, 11) is 1.95. The third-order valence-corrected chi connectivity index (χ3v) is 6.01. The SMILES string of the molecule is CN1CCN(c2ccc3c(OC(=O)C(F)(F)F)c(-c4nc(C(F)(F)F)cs4)c(=O)oc3c2)CC1. The topological polar surface area (TPSA) is 75.9 Å². The molecule has 3 aromatic rings. The van der Waals surface area contributed by atoms with Crippen molar-refractivity contribution in [2.75, 3.05) is 38.1 Å². The Morgan fingerprint density at radius 3 is 2.38 bits per heavy atom. The lowest BCUT2D eigenvalue weighted by Gasteiger charge is -2.34. The summed E-state index contributed by atoms with van der Waals surface area (Å²) >= 11 is 0.351. The summed E-state index contributed by atoms with van der Waals surface area (Å²) in [5.74, 6) is -3.52. The van der Waals surface area contributed by atoms with Crippen LogP contribution in [0.15, 0.2) is 32.8 Å². The number of piperazine rings is 1. The molecule has 0 aliphatic carbocycles. The van der Waals surface area contributed by atoms with E-state index in [1.54, 1.807) is 0 Å². The first kappa shape index (κ1) is 24.0. The standard InChI is InChI=1S/C20H15F6N3O4S/c1-28-4-6-29(7-5-28)10-2-3-11-12(8-10)32-17(30)14(15(11)33-18(31)20(24,25)26)16-27-13(9-34-16)19(21,22)23/h2-3,8-9H,4-7H2,1H3. The fourth-order valence-electron chi connectivity index (χ4n) is 3.38. The van der Waals surface area contributed by atoms with Crippen LogP contribution in [-0.2, 0) is 11.0 Å². The average Bonchev–Trinajstić information content (AvgIpc) is 3.23. The number of halogens is 6. The van der Waals surface area contributed by atoms with Gasteiger partial charge in [0.05, 0.1) is 5.39 Å². The van der Waals surface area contributed by atoms with Gasteiger partial charge >= 0.3 is 23.9 Å². The average molecular weight is 507 g/mol. The summed E-state index contributed by atoms with van der Waals surface area (Å²) in [6, 6.07) is 4.22. The van der Waals surface area contributed by atoms with Crippen molar-refractivity contribution in [3.8, 4) is 16.3 Å². The van der Waals surface area contributed by atoms with Gasteiger partial charge in [0.15, 0.2) is 11.4 Å². The lowest BCUT2D eigenvalue weighted by Crippen LogP contribution is -2.44. The Bertz CT molecular complexity index is 1290. The zero-order valence-corrected chi connectivity index (χ0v) is 18.1. The van der Waals surface area contributed by atoms with Gasteiger partial charge in [-0.2, -0.15) is 26.3 Å². The molecule has 14 heteroatoms. The third kappa shape index (κ3) is 4.73. The molecule has 1 aliphatic rings. The van der Waals surface area contributed by atoms with Gasteiger partial charge in [0, 0.05) is 43.3 Å². The highest BCUT2D eigenvalue weighted by molar-refractivity contribution is 7.13. The number of alkyl halides is 6. The molecule has 0 spiro atoms. The number of ether oxygens (including phenoxy) is 1. The van der Waals surface area contributed by atoms with Crippen LogP contribution in [0.1, 0.15) is 5.69 Å². The van der Waals surface area contributed by atoms with E-state index in [0.29, 0.717) is 35.5 Å². The summed E-state index contributed by atoms with van der Waals surface area (Å²) in [6.45, 7) is 2.78. The quantitative estimate of drug-likeness (QED) is 0.300. The summed E-state index contributed by atoms with van der Waals surface area (Å²) in [5.41, 5.74) is -3.04. The van der Waals surface area contributed by atoms with Crippen LogP contribution in [0.5, 0.6) is 5.75 Å². The minimum absolute atomic E-state index is 0.192. The predicted octanol–water partition coefficient (Wildman–Crippen LogP) is 4.15. The molecule has 1 saturated heterocycles. The molecule has 0 radical (unpaired) electrons. The molecule has 4 rings (SSSR count). The maximum absolute atomic E-state index is 13.0. The Morgan fingerprint density at radius 1 is 1.12 bits per heavy atom. The van der Waals surface area contributed by atoms with Crippen molar-refractivity contribution in [3.05, 3.63) is 39.7 Å². The Labute approximate surface area is 191 Å². The van der Waals surface area contributed by atoms with Crippen molar-refractivity contribution >= 4 is 34.0 Å². The smallest absolute Gasteiger partial charge is 0.422 e. The molecule has 0 bridgehead atoms. The van der Waals surface area contributed by atoms with Gasteiger partial charge in [-0.25, -0.2) is 14.6 Å². The molecule has 7 nitrogen and oxygen atoms in total. The molecule has 0 atom stereocenters. The molecule has 0 saturated carbocycles. The molecular weight excluding hydrogens is 492 g/mol. The number of anilines is 1. The molecule has 182 valence electrons. The molecule has 2 aromatic heterocycles. The number of carbonyl (C=O) groups excluding carboxylic acids is 1. The second kappa shape index (κ2) is 8.58. The molecule has 3 heterocycles. The number of benzene rings is 1. The second-order valence-corrected chi connectivity index (χ2v) is 8.35. The van der Waals surface area contributed by atoms with Crippen LogP contribution >= 0.6 is 11.3 Å². The molecule has 1 aliphatic heterocycles. The first-order valence-corrected chi connectivity index (χ1v) is 10.6. The van der Waals surface area contributed by atoms with Crippen LogP contribution in [0, 0.1) is 0 Å². The number of hydrogen-bond donors (Lipinski definition) is 0. The minimum Gasteiger partial charge on any atom is -0.422 e. The Hall–Kier alpha value is -3.13. The monoisotopic (exact) mass is 507 g/mol. The first-order valence-electron chi connectivity index (χ1n) is 9.71. The lowest BCUT2D eigenvalue weighted by atomic mass is 10.1. The number of carbonyl (C=O) groups is 1. The molecule has 1 aromatic carbocycles. The summed E-state index contributed by atoms with van der Waals surface area (Å²) in [6.07, 6.45) is -10.3. The van der Waals surface area contributed by atoms with Crippen molar-refractivity contribution in [2.45, 2.75) is 12.4 Å². The Balaban J connectivity index is 1.87. The van der Waals surface area contributed by atoms with Gasteiger partial charge in [0.25, 0.3) is 0 Å². The Kier molecular flexibility index (Phi) is 6.06. The second-order valence-electron chi connectivity index (χ2n) is 7.49. The number of likely N-dealkylation sites (N-methyl/N-ethyl adjacent to an activating group) is 1. The maximum Gasteiger partial charge on any atom is 0.491 e. The number of nitrogens with zero attached hydrogens (tertiary/aromatic N) is 3. The van der Waals surface area contributed by atoms with Gasteiger partial charge in [-0.1, -0.05) is 0 Å². The molecule has 0 unspecified atom stereocenters. The number of rotatable bonds is 3. The first-order chi connectivity index (χ1) is 15.8. The van der Waals surface area contributed by atoms with Crippen LogP contribution in [0.2, 0.25) is 0 Å². The largest absolute Gasteiger partial charge is 0.491 e. The van der Waals surface area contributed by atoms with E-state index in [9.17, 15) is 35.9 Å². The zero-order chi connectivity index (χ0) is 24.8. The molecular formula is C20H15F6N3O4S. The lowest BCUT2D eigenvalue weighted by molar-refractivity contribution is -0.189. The highest BCUT2D eigenvalue weighted by Gasteiger charge is 2.43. The van der Waals surface area contributed by atoms with E-state index in [0.717, 1.165) is 13.1 Å². The summed E-state index contributed by atoms with van der Waals surface area (Å²) < 4.78 is 87.4. The van der Waals surface area contributed by atoms with E-state index in [1.807, 2.05) is 11.9 Å². The molecule has 1 fully saturated rings. The van der Waals surface area contributed by atoms with Gasteiger partial charge in [0.1, 0.15) is 16.2 Å². The third-order valence-electron chi connectivity index (χ3n) is 5.15. The highest BCUT2D eigenvalue weighted by Crippen LogP contribution is 2.40. The number of thiazole rings is 1. The van der Waals surface area contributed by atoms with Crippen LogP contribution in [-0.4, -0.2) is 55.3 Å². The minimum atomic E-state index is -5.42. The van der Waals surface area contributed by atoms with Crippen molar-refractivity contribution in [1.29, 1.82) is 0 Å². The zero-order valence-electron chi connectivity index (χ0n) is 17.3. The van der Waals surface area contributed by atoms with Gasteiger partial charge in [-0.15, -0.1) is 11.3 Å². The summed E-state index contributed by atoms with van der Waals surface area (Å²) in [4.78, 5) is 31.7. The van der Waals surface area contributed by atoms with Gasteiger partial charge in [-0.3, -0.25) is 0 Å². The van der Waals surface area contributed by atoms with Gasteiger partial charge in [-0.05, 0) is 19.2 Å². The number of fused-ring (bicyclic) bond motifs is 1. The predicted molar refractivity (Wildman–Crippen MR) is 110 cm³/mol. The Morgan fingerprint density at radius 2 is 1.79 bits per heavy atom. The number of aromatic nitrogens is 1. The maximum atomic E-state index is 13.0. The van der Waals surface area contributed by atoms with Crippen LogP contribution in [0.4, 0.5) is 32.0 Å². The fourth-order valence-corrected chi connectivity index (χ4v) is 4.24. The molecule has 0 amide bonds. The van der Waals surface area contributed by atoms with Crippen molar-refractivity contribution in [3.63, 3.8) is 0 Å². The van der Waals surface area contributed by atoms with E-state index < -0.39 is 46.0 Å². The van der Waals surface area contributed by atoms with Crippen molar-refractivity contribution in [1.82, 2.24) is 9.88 Å².